The molecule has 36 heavy (non-hydrogen) atoms. The highest BCUT2D eigenvalue weighted by atomic mass is 32.1. The summed E-state index contributed by atoms with van der Waals surface area (Å²) >= 11 is 1.14. The third-order valence-electron chi connectivity index (χ3n) is 5.27. The lowest BCUT2D eigenvalue weighted by Crippen LogP contribution is -2.20. The number of carbonyl (C=O) groups excluding carboxylic acids is 2. The van der Waals surface area contributed by atoms with Gasteiger partial charge in [0.1, 0.15) is 15.5 Å². The zero-order valence-electron chi connectivity index (χ0n) is 19.6. The summed E-state index contributed by atoms with van der Waals surface area (Å²) in [5, 5.41) is 18.3. The molecule has 0 spiro atoms. The smallest absolute Gasteiger partial charge is 0.283 e. The van der Waals surface area contributed by atoms with Crippen LogP contribution < -0.4 is 15.5 Å². The van der Waals surface area contributed by atoms with E-state index in [-0.39, 0.29) is 10.6 Å². The highest BCUT2D eigenvalue weighted by Gasteiger charge is 2.24. The molecule has 0 aliphatic rings. The average Bonchev–Trinajstić information content (AvgIpc) is 3.22. The highest BCUT2D eigenvalue weighted by molar-refractivity contribution is 7.21. The number of rotatable bonds is 7. The first-order valence-electron chi connectivity index (χ1n) is 10.7. The maximum absolute atomic E-state index is 13.1. The number of ether oxygens (including phenoxy) is 1. The number of nitrogens with zero attached hydrogens (tertiary/aromatic N) is 3. The first-order valence-corrected chi connectivity index (χ1v) is 11.5. The number of nitrogens with one attached hydrogen (secondary N) is 2. The summed E-state index contributed by atoms with van der Waals surface area (Å²) in [6.45, 7) is 3.74. The Morgan fingerprint density at radius 1 is 1.11 bits per heavy atom. The van der Waals surface area contributed by atoms with Crippen molar-refractivity contribution in [3.05, 3.63) is 92.0 Å². The van der Waals surface area contributed by atoms with Gasteiger partial charge in [-0.25, -0.2) is 10.4 Å². The number of methoxy groups -OCH3 is 1. The van der Waals surface area contributed by atoms with Crippen molar-refractivity contribution >= 4 is 51.0 Å². The largest absolute Gasteiger partial charge is 0.496 e. The molecule has 2 amide bonds. The molecule has 4 aromatic rings. The number of para-hydroxylation sites is 1. The van der Waals surface area contributed by atoms with E-state index in [1.165, 1.54) is 37.6 Å². The topological polar surface area (TPSA) is 136 Å². The van der Waals surface area contributed by atoms with Crippen LogP contribution in [0.3, 0.4) is 0 Å². The minimum Gasteiger partial charge on any atom is -0.496 e. The second kappa shape index (κ2) is 10.3. The van der Waals surface area contributed by atoms with E-state index in [0.717, 1.165) is 22.6 Å². The SMILES string of the molecule is COc1ccccc1C(=O)Nc1c(C(=O)N/N=C\c2ccc([N+](=O)[O-])cc2)sc2nc(C)cc(C)c12. The Balaban J connectivity index is 1.65. The quantitative estimate of drug-likeness (QED) is 0.210. The number of pyridine rings is 1. The van der Waals surface area contributed by atoms with E-state index >= 15 is 0 Å². The standard InChI is InChI=1S/C25H21N5O5S/c1-14-12-15(2)27-25-20(14)21(28-23(31)18-6-4-5-7-19(18)35-3)22(36-25)24(32)29-26-13-16-8-10-17(11-9-16)30(33)34/h4-13H,1-3H3,(H,28,31)(H,29,32)/b26-13-. The zero-order chi connectivity index (χ0) is 25.8. The van der Waals surface area contributed by atoms with Crippen LogP contribution in [0.2, 0.25) is 0 Å². The van der Waals surface area contributed by atoms with Crippen molar-refractivity contribution in [3.63, 3.8) is 0 Å². The molecule has 0 atom stereocenters. The number of hydrogen-bond donors (Lipinski definition) is 2. The second-order valence-electron chi connectivity index (χ2n) is 7.77. The first-order chi connectivity index (χ1) is 17.3. The van der Waals surface area contributed by atoms with E-state index in [1.54, 1.807) is 24.3 Å². The summed E-state index contributed by atoms with van der Waals surface area (Å²) in [6.07, 6.45) is 1.37. The molecule has 0 aliphatic carbocycles. The number of amides is 2. The van der Waals surface area contributed by atoms with Gasteiger partial charge in [-0.3, -0.25) is 19.7 Å². The number of benzene rings is 2. The van der Waals surface area contributed by atoms with E-state index in [4.69, 9.17) is 4.74 Å². The monoisotopic (exact) mass is 503 g/mol. The summed E-state index contributed by atoms with van der Waals surface area (Å²) in [4.78, 5) is 41.9. The van der Waals surface area contributed by atoms with Crippen LogP contribution >= 0.6 is 11.3 Å². The molecular weight excluding hydrogens is 482 g/mol. The number of nitro groups is 1. The molecule has 0 saturated heterocycles. The summed E-state index contributed by atoms with van der Waals surface area (Å²) in [5.74, 6) is -0.571. The second-order valence-corrected chi connectivity index (χ2v) is 8.77. The number of aryl methyl sites for hydroxylation is 2. The molecule has 2 N–H and O–H groups in total. The molecule has 11 heteroatoms. The molecule has 182 valence electrons. The van der Waals surface area contributed by atoms with Crippen molar-refractivity contribution in [3.8, 4) is 5.75 Å². The van der Waals surface area contributed by atoms with Gasteiger partial charge < -0.3 is 10.1 Å². The van der Waals surface area contributed by atoms with Crippen LogP contribution in [0.4, 0.5) is 11.4 Å². The van der Waals surface area contributed by atoms with Gasteiger partial charge in [-0.2, -0.15) is 5.10 Å². The van der Waals surface area contributed by atoms with Gasteiger partial charge in [0.25, 0.3) is 17.5 Å². The molecular formula is C25H21N5O5S. The van der Waals surface area contributed by atoms with Crippen molar-refractivity contribution in [2.24, 2.45) is 5.10 Å². The first kappa shape index (κ1) is 24.5. The number of hydrogen-bond acceptors (Lipinski definition) is 8. The van der Waals surface area contributed by atoms with E-state index in [2.05, 4.69) is 20.8 Å². The van der Waals surface area contributed by atoms with Crippen molar-refractivity contribution in [2.45, 2.75) is 13.8 Å². The van der Waals surface area contributed by atoms with Crippen molar-refractivity contribution in [2.75, 3.05) is 12.4 Å². The van der Waals surface area contributed by atoms with Crippen LogP contribution in [0.15, 0.2) is 59.7 Å². The van der Waals surface area contributed by atoms with Crippen LogP contribution in [0.5, 0.6) is 5.75 Å². The fraction of sp³-hybridized carbons (Fsp3) is 0.120. The molecule has 10 nitrogen and oxygen atoms in total. The number of thiophene rings is 1. The van der Waals surface area contributed by atoms with E-state index in [0.29, 0.717) is 32.8 Å². The van der Waals surface area contributed by atoms with Crippen molar-refractivity contribution in [1.29, 1.82) is 0 Å². The zero-order valence-corrected chi connectivity index (χ0v) is 20.4. The molecule has 0 saturated carbocycles. The predicted molar refractivity (Wildman–Crippen MR) is 138 cm³/mol. The van der Waals surface area contributed by atoms with Crippen molar-refractivity contribution < 1.29 is 19.2 Å². The molecule has 0 unspecified atom stereocenters. The van der Waals surface area contributed by atoms with E-state index in [1.807, 2.05) is 19.9 Å². The maximum Gasteiger partial charge on any atom is 0.283 e. The normalized spacial score (nSPS) is 11.0. The van der Waals surface area contributed by atoms with Crippen LogP contribution in [-0.4, -0.2) is 35.0 Å². The van der Waals surface area contributed by atoms with Crippen LogP contribution in [0.25, 0.3) is 10.2 Å². The van der Waals surface area contributed by atoms with Gasteiger partial charge in [-0.05, 0) is 55.3 Å². The van der Waals surface area contributed by atoms with Gasteiger partial charge in [-0.15, -0.1) is 11.3 Å². The number of non-ortho nitro benzene ring substituents is 1. The lowest BCUT2D eigenvalue weighted by molar-refractivity contribution is -0.384. The number of hydrazone groups is 1. The minimum absolute atomic E-state index is 0.0462. The van der Waals surface area contributed by atoms with E-state index in [9.17, 15) is 19.7 Å². The van der Waals surface area contributed by atoms with Crippen LogP contribution in [0.1, 0.15) is 36.9 Å². The Hall–Kier alpha value is -4.64. The minimum atomic E-state index is -0.538. The summed E-state index contributed by atoms with van der Waals surface area (Å²) < 4.78 is 5.30. The number of carbonyl (C=O) groups is 2. The molecule has 2 aromatic carbocycles. The average molecular weight is 504 g/mol. The van der Waals surface area contributed by atoms with Gasteiger partial charge in [0.2, 0.25) is 0 Å². The number of anilines is 1. The molecule has 2 aromatic heterocycles. The van der Waals surface area contributed by atoms with Crippen molar-refractivity contribution in [1.82, 2.24) is 10.4 Å². The summed E-state index contributed by atoms with van der Waals surface area (Å²) in [6, 6.07) is 14.4. The molecule has 0 aliphatic heterocycles. The van der Waals surface area contributed by atoms with Gasteiger partial charge in [-0.1, -0.05) is 12.1 Å². The summed E-state index contributed by atoms with van der Waals surface area (Å²) in [5.41, 5.74) is 5.27. The van der Waals surface area contributed by atoms with E-state index < -0.39 is 16.7 Å². The van der Waals surface area contributed by atoms with Gasteiger partial charge >= 0.3 is 0 Å². The highest BCUT2D eigenvalue weighted by Crippen LogP contribution is 2.38. The van der Waals surface area contributed by atoms with Gasteiger partial charge in [0, 0.05) is 23.2 Å². The number of fused-ring (bicyclic) bond motifs is 1. The predicted octanol–water partition coefficient (Wildman–Crippen LogP) is 4.85. The maximum atomic E-state index is 13.1. The Kier molecular flexibility index (Phi) is 7.02. The number of nitro benzene ring substituents is 1. The van der Waals surface area contributed by atoms with Gasteiger partial charge in [0.15, 0.2) is 0 Å². The lowest BCUT2D eigenvalue weighted by Gasteiger charge is -2.11. The lowest BCUT2D eigenvalue weighted by atomic mass is 10.1. The van der Waals surface area contributed by atoms with Crippen LogP contribution in [-0.2, 0) is 0 Å². The fourth-order valence-corrected chi connectivity index (χ4v) is 4.77. The molecule has 4 rings (SSSR count). The fourth-order valence-electron chi connectivity index (χ4n) is 3.63. The Labute approximate surface area is 209 Å². The molecule has 2 heterocycles. The molecule has 0 bridgehead atoms. The molecule has 0 radical (unpaired) electrons. The number of aromatic nitrogens is 1. The Bertz CT molecular complexity index is 1510. The molecule has 0 fully saturated rings. The van der Waals surface area contributed by atoms with Crippen LogP contribution in [0, 0.1) is 24.0 Å². The summed E-state index contributed by atoms with van der Waals surface area (Å²) in [7, 11) is 1.48. The van der Waals surface area contributed by atoms with Gasteiger partial charge in [0.05, 0.1) is 29.5 Å². The Morgan fingerprint density at radius 2 is 1.83 bits per heavy atom. The third kappa shape index (κ3) is 5.05. The Morgan fingerprint density at radius 3 is 2.53 bits per heavy atom. The third-order valence-corrected chi connectivity index (χ3v) is 6.35.